The van der Waals surface area contributed by atoms with Gasteiger partial charge >= 0.3 is 0 Å². The predicted octanol–water partition coefficient (Wildman–Crippen LogP) is 1.44. The summed E-state index contributed by atoms with van der Waals surface area (Å²) in [6.07, 6.45) is 3.97. The highest BCUT2D eigenvalue weighted by atomic mass is 32.1. The normalized spacial score (nSPS) is 30.6. The van der Waals surface area contributed by atoms with Crippen molar-refractivity contribution in [3.63, 3.8) is 0 Å². The molecule has 2 unspecified atom stereocenters. The molecule has 0 aromatic carbocycles. The molecule has 0 saturated carbocycles. The summed E-state index contributed by atoms with van der Waals surface area (Å²) in [6, 6.07) is 1.93. The van der Waals surface area contributed by atoms with Gasteiger partial charge in [0.1, 0.15) is 0 Å². The van der Waals surface area contributed by atoms with Crippen molar-refractivity contribution >= 4 is 17.3 Å². The Balaban J connectivity index is 1.95. The quantitative estimate of drug-likeness (QED) is 0.700. The highest BCUT2D eigenvalue weighted by Gasteiger charge is 2.35. The second-order valence-corrected chi connectivity index (χ2v) is 5.78. The van der Waals surface area contributed by atoms with Gasteiger partial charge in [0.05, 0.1) is 0 Å². The van der Waals surface area contributed by atoms with Crippen molar-refractivity contribution in [3.8, 4) is 0 Å². The van der Waals surface area contributed by atoms with Gasteiger partial charge in [-0.2, -0.15) is 0 Å². The van der Waals surface area contributed by atoms with Crippen LogP contribution in [0.4, 0.5) is 0 Å². The molecule has 0 radical (unpaired) electrons. The van der Waals surface area contributed by atoms with E-state index in [1.165, 1.54) is 19.3 Å². The average molecular weight is 241 g/mol. The van der Waals surface area contributed by atoms with Gasteiger partial charge in [0.15, 0.2) is 5.11 Å². The average Bonchev–Trinajstić information content (AvgIpc) is 2.39. The molecular formula is C12H23N3S. The molecule has 92 valence electrons. The van der Waals surface area contributed by atoms with Crippen molar-refractivity contribution < 1.29 is 0 Å². The van der Waals surface area contributed by atoms with Gasteiger partial charge in [-0.05, 0) is 52.4 Å². The third kappa shape index (κ3) is 2.48. The molecule has 4 heteroatoms. The molecule has 3 nitrogen and oxygen atoms in total. The fraction of sp³-hybridized carbons (Fsp3) is 0.917. The Morgan fingerprint density at radius 3 is 2.62 bits per heavy atom. The molecule has 0 spiro atoms. The zero-order valence-electron chi connectivity index (χ0n) is 10.6. The standard InChI is InChI=1S/C12H23N3S/c1-9(2)13-12(16)15-7-6-10-4-5-11(8-15)14(10)3/h9-11H,4-8H2,1-3H3,(H,13,16). The van der Waals surface area contributed by atoms with Gasteiger partial charge in [0.25, 0.3) is 0 Å². The monoisotopic (exact) mass is 241 g/mol. The van der Waals surface area contributed by atoms with E-state index in [9.17, 15) is 0 Å². The number of fused-ring (bicyclic) bond motifs is 2. The molecule has 0 aliphatic carbocycles. The molecule has 2 aliphatic rings. The van der Waals surface area contributed by atoms with Crippen LogP contribution in [0.1, 0.15) is 33.1 Å². The summed E-state index contributed by atoms with van der Waals surface area (Å²) in [5.74, 6) is 0. The molecule has 2 heterocycles. The van der Waals surface area contributed by atoms with Crippen LogP contribution in [0.2, 0.25) is 0 Å². The van der Waals surface area contributed by atoms with E-state index in [0.717, 1.165) is 24.2 Å². The second-order valence-electron chi connectivity index (χ2n) is 5.39. The SMILES string of the molecule is CC(C)NC(=S)N1CCC2CCC(C1)N2C. The van der Waals surface area contributed by atoms with E-state index in [2.05, 4.69) is 36.0 Å². The van der Waals surface area contributed by atoms with Gasteiger partial charge in [-0.3, -0.25) is 4.90 Å². The van der Waals surface area contributed by atoms with Crippen molar-refractivity contribution in [2.45, 2.75) is 51.2 Å². The zero-order valence-corrected chi connectivity index (χ0v) is 11.4. The molecule has 2 saturated heterocycles. The van der Waals surface area contributed by atoms with E-state index in [4.69, 9.17) is 12.2 Å². The van der Waals surface area contributed by atoms with Gasteiger partial charge < -0.3 is 10.2 Å². The summed E-state index contributed by atoms with van der Waals surface area (Å²) in [5.41, 5.74) is 0. The van der Waals surface area contributed by atoms with E-state index in [-0.39, 0.29) is 0 Å². The number of hydrogen-bond acceptors (Lipinski definition) is 2. The van der Waals surface area contributed by atoms with E-state index in [1.807, 2.05) is 0 Å². The molecule has 2 rings (SSSR count). The van der Waals surface area contributed by atoms with E-state index in [0.29, 0.717) is 12.1 Å². The number of rotatable bonds is 1. The lowest BCUT2D eigenvalue weighted by Gasteiger charge is -2.29. The smallest absolute Gasteiger partial charge is 0.169 e. The first-order valence-corrected chi connectivity index (χ1v) is 6.76. The number of likely N-dealkylation sites (tertiary alicyclic amines) is 1. The molecule has 0 aromatic heterocycles. The van der Waals surface area contributed by atoms with Crippen molar-refractivity contribution in [3.05, 3.63) is 0 Å². The number of likely N-dealkylation sites (N-methyl/N-ethyl adjacent to an activating group) is 1. The van der Waals surface area contributed by atoms with Crippen LogP contribution in [0.15, 0.2) is 0 Å². The van der Waals surface area contributed by atoms with E-state index < -0.39 is 0 Å². The summed E-state index contributed by atoms with van der Waals surface area (Å²) in [5, 5.41) is 4.29. The Morgan fingerprint density at radius 2 is 1.94 bits per heavy atom. The summed E-state index contributed by atoms with van der Waals surface area (Å²) in [4.78, 5) is 4.91. The van der Waals surface area contributed by atoms with Crippen LogP contribution in [0.3, 0.4) is 0 Å². The minimum atomic E-state index is 0.436. The first-order valence-electron chi connectivity index (χ1n) is 6.35. The van der Waals surface area contributed by atoms with E-state index >= 15 is 0 Å². The van der Waals surface area contributed by atoms with Crippen LogP contribution in [0.25, 0.3) is 0 Å². The highest BCUT2D eigenvalue weighted by Crippen LogP contribution is 2.28. The van der Waals surface area contributed by atoms with Crippen LogP contribution in [0, 0.1) is 0 Å². The lowest BCUT2D eigenvalue weighted by Crippen LogP contribution is -2.46. The third-order valence-electron chi connectivity index (χ3n) is 3.85. The molecule has 1 N–H and O–H groups in total. The first kappa shape index (κ1) is 12.1. The van der Waals surface area contributed by atoms with Crippen molar-refractivity contribution in [2.75, 3.05) is 20.1 Å². The number of nitrogens with one attached hydrogen (secondary N) is 1. The van der Waals surface area contributed by atoms with Gasteiger partial charge in [-0.1, -0.05) is 0 Å². The van der Waals surface area contributed by atoms with Gasteiger partial charge in [-0.15, -0.1) is 0 Å². The summed E-state index contributed by atoms with van der Waals surface area (Å²) < 4.78 is 0. The fourth-order valence-corrected chi connectivity index (χ4v) is 3.23. The topological polar surface area (TPSA) is 18.5 Å². The Labute approximate surface area is 104 Å². The molecular weight excluding hydrogens is 218 g/mol. The van der Waals surface area contributed by atoms with Crippen LogP contribution in [-0.4, -0.2) is 53.2 Å². The van der Waals surface area contributed by atoms with Gasteiger partial charge in [-0.25, -0.2) is 0 Å². The summed E-state index contributed by atoms with van der Waals surface area (Å²) in [7, 11) is 2.27. The van der Waals surface area contributed by atoms with Crippen LogP contribution in [-0.2, 0) is 0 Å². The summed E-state index contributed by atoms with van der Waals surface area (Å²) in [6.45, 7) is 6.50. The maximum Gasteiger partial charge on any atom is 0.169 e. The van der Waals surface area contributed by atoms with E-state index in [1.54, 1.807) is 0 Å². The number of thiocarbonyl (C=S) groups is 1. The van der Waals surface area contributed by atoms with Crippen molar-refractivity contribution in [1.82, 2.24) is 15.1 Å². The van der Waals surface area contributed by atoms with Crippen LogP contribution >= 0.6 is 12.2 Å². The molecule has 2 bridgehead atoms. The Morgan fingerprint density at radius 1 is 1.25 bits per heavy atom. The predicted molar refractivity (Wildman–Crippen MR) is 71.6 cm³/mol. The largest absolute Gasteiger partial charge is 0.360 e. The zero-order chi connectivity index (χ0) is 11.7. The van der Waals surface area contributed by atoms with Crippen molar-refractivity contribution in [2.24, 2.45) is 0 Å². The lowest BCUT2D eigenvalue weighted by atomic mass is 10.1. The molecule has 2 aliphatic heterocycles. The minimum absolute atomic E-state index is 0.436. The Kier molecular flexibility index (Phi) is 3.70. The second kappa shape index (κ2) is 4.88. The van der Waals surface area contributed by atoms with Gasteiger partial charge in [0.2, 0.25) is 0 Å². The Hall–Kier alpha value is -0.350. The third-order valence-corrected chi connectivity index (χ3v) is 4.22. The number of hydrogen-bond donors (Lipinski definition) is 1. The fourth-order valence-electron chi connectivity index (χ4n) is 2.83. The first-order chi connectivity index (χ1) is 7.58. The van der Waals surface area contributed by atoms with Crippen molar-refractivity contribution in [1.29, 1.82) is 0 Å². The molecule has 2 fully saturated rings. The highest BCUT2D eigenvalue weighted by molar-refractivity contribution is 7.80. The van der Waals surface area contributed by atoms with Crippen LogP contribution in [0.5, 0.6) is 0 Å². The molecule has 2 atom stereocenters. The Bertz CT molecular complexity index is 267. The van der Waals surface area contributed by atoms with Crippen LogP contribution < -0.4 is 5.32 Å². The summed E-state index contributed by atoms with van der Waals surface area (Å²) >= 11 is 5.46. The van der Waals surface area contributed by atoms with Gasteiger partial charge in [0, 0.05) is 31.2 Å². The lowest BCUT2D eigenvalue weighted by molar-refractivity contribution is 0.245. The molecule has 0 aromatic rings. The molecule has 0 amide bonds. The maximum absolute atomic E-state index is 5.46. The number of nitrogens with zero attached hydrogens (tertiary/aromatic N) is 2. The maximum atomic E-state index is 5.46. The molecule has 16 heavy (non-hydrogen) atoms. The minimum Gasteiger partial charge on any atom is -0.360 e.